The zero-order valence-electron chi connectivity index (χ0n) is 22.8. The molecule has 2 aromatic carbocycles. The monoisotopic (exact) mass is 569 g/mol. The molecule has 3 aromatic rings. The van der Waals surface area contributed by atoms with Gasteiger partial charge in [0.1, 0.15) is 0 Å². The number of benzene rings is 2. The number of nitrogens with zero attached hydrogens (tertiary/aromatic N) is 3. The summed E-state index contributed by atoms with van der Waals surface area (Å²) >= 11 is 0. The molecule has 1 atom stereocenters. The average Bonchev–Trinajstić information content (AvgIpc) is 3.61. The number of amides is 2. The zero-order chi connectivity index (χ0) is 29.2. The van der Waals surface area contributed by atoms with Crippen LogP contribution in [-0.2, 0) is 23.6 Å². The number of alkyl halides is 3. The molecule has 0 radical (unpaired) electrons. The van der Waals surface area contributed by atoms with Gasteiger partial charge in [0.2, 0.25) is 5.91 Å². The van der Waals surface area contributed by atoms with Crippen LogP contribution in [0.25, 0.3) is 11.3 Å². The number of rotatable bonds is 7. The van der Waals surface area contributed by atoms with E-state index in [9.17, 15) is 27.9 Å². The van der Waals surface area contributed by atoms with Gasteiger partial charge in [-0.25, -0.2) is 4.98 Å². The number of hydrogen-bond acceptors (Lipinski definition) is 5. The van der Waals surface area contributed by atoms with Gasteiger partial charge in [-0.15, -0.1) is 0 Å². The summed E-state index contributed by atoms with van der Waals surface area (Å²) in [5.74, 6) is -1.12. The fraction of sp³-hybridized carbons (Fsp3) is 0.433. The van der Waals surface area contributed by atoms with Crippen LogP contribution >= 0.6 is 0 Å². The first-order valence-corrected chi connectivity index (χ1v) is 13.8. The summed E-state index contributed by atoms with van der Waals surface area (Å²) in [6, 6.07) is 12.4. The number of imidazole rings is 1. The van der Waals surface area contributed by atoms with Crippen LogP contribution in [0.1, 0.15) is 53.6 Å². The van der Waals surface area contributed by atoms with Crippen LogP contribution in [0.4, 0.5) is 13.2 Å². The Morgan fingerprint density at radius 3 is 2.49 bits per heavy atom. The highest BCUT2D eigenvalue weighted by molar-refractivity contribution is 5.96. The van der Waals surface area contributed by atoms with Crippen LogP contribution < -0.4 is 10.6 Å². The van der Waals surface area contributed by atoms with Crippen molar-refractivity contribution in [2.75, 3.05) is 19.6 Å². The van der Waals surface area contributed by atoms with E-state index in [-0.39, 0.29) is 24.1 Å². The molecule has 2 heterocycles. The fourth-order valence-electron chi connectivity index (χ4n) is 5.94. The molecule has 218 valence electrons. The molecule has 5 rings (SSSR count). The molecule has 0 unspecified atom stereocenters. The van der Waals surface area contributed by atoms with Crippen molar-refractivity contribution in [3.8, 4) is 11.3 Å². The number of likely N-dealkylation sites (tertiary alicyclic amines) is 1. The van der Waals surface area contributed by atoms with Crippen LogP contribution in [-0.4, -0.2) is 63.1 Å². The maximum atomic E-state index is 12.9. The van der Waals surface area contributed by atoms with Crippen LogP contribution in [0.15, 0.2) is 61.1 Å². The number of carbonyl (C=O) groups excluding carboxylic acids is 2. The molecular formula is C30H34F3N5O3. The first kappa shape index (κ1) is 28.8. The Morgan fingerprint density at radius 2 is 1.83 bits per heavy atom. The standard InChI is InChI=1S/C30H34F3N5O3/c1-37-19-34-16-26(37)20-5-7-22(8-6-20)29(41)12-9-25(10-13-29)38-14-11-24(18-38)36-27(39)17-35-28(40)21-3-2-4-23(15-21)30(31,32)33/h2-8,15-16,19,24-25,41H,9-14,17-18H2,1H3,(H,35,40)(H,36,39)/t24-,25?,29?/m1/s1. The van der Waals surface area contributed by atoms with E-state index in [2.05, 4.69) is 20.5 Å². The molecule has 1 saturated carbocycles. The third kappa shape index (κ3) is 6.62. The van der Waals surface area contributed by atoms with Crippen molar-refractivity contribution in [3.05, 3.63) is 77.7 Å². The van der Waals surface area contributed by atoms with Gasteiger partial charge in [0.05, 0.1) is 35.9 Å². The molecule has 1 aliphatic heterocycles. The molecule has 1 aromatic heterocycles. The van der Waals surface area contributed by atoms with Crippen LogP contribution in [0.2, 0.25) is 0 Å². The predicted octanol–water partition coefficient (Wildman–Crippen LogP) is 3.86. The lowest BCUT2D eigenvalue weighted by Gasteiger charge is -2.40. The SMILES string of the molecule is Cn1cncc1-c1ccc(C2(O)CCC(N3CC[C@@H](NC(=O)CNC(=O)c4cccc(C(F)(F)F)c4)C3)CC2)cc1. The highest BCUT2D eigenvalue weighted by atomic mass is 19.4. The Morgan fingerprint density at radius 1 is 1.10 bits per heavy atom. The first-order valence-electron chi connectivity index (χ1n) is 13.8. The van der Waals surface area contributed by atoms with Crippen molar-refractivity contribution in [1.82, 2.24) is 25.1 Å². The Balaban J connectivity index is 1.07. The number of aromatic nitrogens is 2. The summed E-state index contributed by atoms with van der Waals surface area (Å²) in [7, 11) is 1.95. The zero-order valence-corrected chi connectivity index (χ0v) is 22.8. The van der Waals surface area contributed by atoms with Gasteiger partial charge in [-0.3, -0.25) is 14.5 Å². The van der Waals surface area contributed by atoms with E-state index in [0.717, 1.165) is 60.8 Å². The number of halogens is 3. The molecule has 1 saturated heterocycles. The third-order valence-electron chi connectivity index (χ3n) is 8.28. The second-order valence-electron chi connectivity index (χ2n) is 11.0. The molecule has 2 amide bonds. The van der Waals surface area contributed by atoms with Gasteiger partial charge in [-0.2, -0.15) is 13.2 Å². The molecule has 41 heavy (non-hydrogen) atoms. The van der Waals surface area contributed by atoms with E-state index in [1.54, 1.807) is 6.33 Å². The molecule has 2 fully saturated rings. The van der Waals surface area contributed by atoms with E-state index in [4.69, 9.17) is 0 Å². The van der Waals surface area contributed by atoms with Gasteiger partial charge < -0.3 is 20.3 Å². The summed E-state index contributed by atoms with van der Waals surface area (Å²) < 4.78 is 40.7. The minimum Gasteiger partial charge on any atom is -0.385 e. The molecule has 3 N–H and O–H groups in total. The fourth-order valence-corrected chi connectivity index (χ4v) is 5.94. The van der Waals surface area contributed by atoms with Crippen LogP contribution in [0.5, 0.6) is 0 Å². The molecule has 8 nitrogen and oxygen atoms in total. The number of carbonyl (C=O) groups is 2. The highest BCUT2D eigenvalue weighted by Gasteiger charge is 2.38. The maximum absolute atomic E-state index is 12.9. The smallest absolute Gasteiger partial charge is 0.385 e. The number of aryl methyl sites for hydroxylation is 1. The van der Waals surface area contributed by atoms with Crippen molar-refractivity contribution in [2.24, 2.45) is 7.05 Å². The third-order valence-corrected chi connectivity index (χ3v) is 8.28. The van der Waals surface area contributed by atoms with E-state index in [1.165, 1.54) is 6.07 Å². The lowest BCUT2D eigenvalue weighted by atomic mass is 9.77. The molecule has 2 aliphatic rings. The molecule has 0 bridgehead atoms. The van der Waals surface area contributed by atoms with Gasteiger partial charge >= 0.3 is 6.18 Å². The summed E-state index contributed by atoms with van der Waals surface area (Å²) in [5, 5.41) is 16.7. The van der Waals surface area contributed by atoms with Gasteiger partial charge in [0.15, 0.2) is 0 Å². The number of hydrogen-bond donors (Lipinski definition) is 3. The minimum absolute atomic E-state index is 0.0756. The molecular weight excluding hydrogens is 535 g/mol. The minimum atomic E-state index is -4.55. The molecule has 11 heteroatoms. The Labute approximate surface area is 236 Å². The van der Waals surface area contributed by atoms with Gasteiger partial charge in [0.25, 0.3) is 5.91 Å². The maximum Gasteiger partial charge on any atom is 0.416 e. The first-order chi connectivity index (χ1) is 19.5. The lowest BCUT2D eigenvalue weighted by molar-refractivity contribution is -0.137. The summed E-state index contributed by atoms with van der Waals surface area (Å²) in [6.07, 6.45) is 2.78. The van der Waals surface area contributed by atoms with Gasteiger partial charge in [0, 0.05) is 37.8 Å². The van der Waals surface area contributed by atoms with Crippen molar-refractivity contribution in [1.29, 1.82) is 0 Å². The second-order valence-corrected chi connectivity index (χ2v) is 11.0. The Bertz CT molecular complexity index is 1380. The number of aliphatic hydroxyl groups is 1. The van der Waals surface area contributed by atoms with Crippen molar-refractivity contribution in [2.45, 2.75) is 56.0 Å². The largest absolute Gasteiger partial charge is 0.416 e. The second kappa shape index (κ2) is 11.7. The van der Waals surface area contributed by atoms with E-state index in [1.807, 2.05) is 42.1 Å². The summed E-state index contributed by atoms with van der Waals surface area (Å²) in [5.41, 5.74) is 1.04. The topological polar surface area (TPSA) is 99.5 Å². The van der Waals surface area contributed by atoms with Gasteiger partial charge in [-0.05, 0) is 61.4 Å². The van der Waals surface area contributed by atoms with Crippen molar-refractivity contribution in [3.63, 3.8) is 0 Å². The van der Waals surface area contributed by atoms with Gasteiger partial charge in [-0.1, -0.05) is 30.3 Å². The normalized spacial score (nSPS) is 23.3. The molecule has 0 spiro atoms. The summed E-state index contributed by atoms with van der Waals surface area (Å²) in [4.78, 5) is 31.2. The number of nitrogens with one attached hydrogen (secondary N) is 2. The average molecular weight is 570 g/mol. The van der Waals surface area contributed by atoms with Crippen molar-refractivity contribution >= 4 is 11.8 Å². The summed E-state index contributed by atoms with van der Waals surface area (Å²) in [6.45, 7) is 1.18. The van der Waals surface area contributed by atoms with Crippen molar-refractivity contribution < 1.29 is 27.9 Å². The Kier molecular flexibility index (Phi) is 8.19. The van der Waals surface area contributed by atoms with E-state index < -0.39 is 23.2 Å². The predicted molar refractivity (Wildman–Crippen MR) is 147 cm³/mol. The van der Waals surface area contributed by atoms with Crippen LogP contribution in [0.3, 0.4) is 0 Å². The van der Waals surface area contributed by atoms with E-state index in [0.29, 0.717) is 25.4 Å². The molecule has 1 aliphatic carbocycles. The van der Waals surface area contributed by atoms with Crippen LogP contribution in [0, 0.1) is 0 Å². The van der Waals surface area contributed by atoms with E-state index >= 15 is 0 Å². The Hall–Kier alpha value is -3.70. The lowest BCUT2D eigenvalue weighted by Crippen LogP contribution is -2.45. The highest BCUT2D eigenvalue weighted by Crippen LogP contribution is 2.40. The quantitative estimate of drug-likeness (QED) is 0.402.